The van der Waals surface area contributed by atoms with E-state index in [1.54, 1.807) is 0 Å². The molecule has 0 aliphatic carbocycles. The van der Waals surface area contributed by atoms with Crippen molar-refractivity contribution in [2.75, 3.05) is 0 Å². The molecule has 5 heteroatoms. The Morgan fingerprint density at radius 1 is 1.36 bits per heavy atom. The van der Waals surface area contributed by atoms with Crippen LogP contribution in [0.5, 0.6) is 0 Å². The van der Waals surface area contributed by atoms with Crippen molar-refractivity contribution in [1.82, 2.24) is 0 Å². The fourth-order valence-electron chi connectivity index (χ4n) is 1.01. The highest BCUT2D eigenvalue weighted by Crippen LogP contribution is 2.14. The predicted octanol–water partition coefficient (Wildman–Crippen LogP) is 1.27. The average molecular weight is 198 g/mol. The van der Waals surface area contributed by atoms with Crippen LogP contribution < -0.4 is 5.73 Å². The summed E-state index contributed by atoms with van der Waals surface area (Å²) in [6.07, 6.45) is 1.96. The van der Waals surface area contributed by atoms with Crippen molar-refractivity contribution >= 4 is 11.8 Å². The molecule has 0 heterocycles. The maximum Gasteiger partial charge on any atom is 0.313 e. The number of carbonyl (C=O) groups excluding carboxylic acids is 2. The summed E-state index contributed by atoms with van der Waals surface area (Å²) >= 11 is 0. The first-order valence-electron chi connectivity index (χ1n) is 4.41. The summed E-state index contributed by atoms with van der Waals surface area (Å²) in [6, 6.07) is 0. The molecule has 0 aromatic carbocycles. The molecule has 0 unspecified atom stereocenters. The number of nitrogens with two attached hydrogens (primary N) is 1. The summed E-state index contributed by atoms with van der Waals surface area (Å²) in [7, 11) is 0. The Bertz CT molecular complexity index is 282. The minimum absolute atomic E-state index is 0.128. The predicted molar refractivity (Wildman–Crippen MR) is 52.2 cm³/mol. The number of hydrogen-bond acceptors (Lipinski definition) is 3. The molecule has 2 amide bonds. The van der Waals surface area contributed by atoms with E-state index in [0.717, 1.165) is 12.8 Å². The summed E-state index contributed by atoms with van der Waals surface area (Å²) in [5.74, 6) is -1.58. The highest BCUT2D eigenvalue weighted by atomic mass is 16.3. The number of nitrogens with zero attached hydrogens (tertiary/aromatic N) is 1. The van der Waals surface area contributed by atoms with Crippen molar-refractivity contribution in [2.45, 2.75) is 33.1 Å². The lowest BCUT2D eigenvalue weighted by Crippen LogP contribution is -2.16. The van der Waals surface area contributed by atoms with E-state index in [-0.39, 0.29) is 11.1 Å². The highest BCUT2D eigenvalue weighted by molar-refractivity contribution is 6.03. The van der Waals surface area contributed by atoms with Crippen LogP contribution >= 0.6 is 0 Å². The molecule has 0 radical (unpaired) electrons. The van der Waals surface area contributed by atoms with Crippen LogP contribution in [0.4, 0.5) is 0 Å². The van der Waals surface area contributed by atoms with Gasteiger partial charge < -0.3 is 5.73 Å². The average Bonchev–Trinajstić information content (AvgIpc) is 2.17. The van der Waals surface area contributed by atoms with Gasteiger partial charge in [-0.3, -0.25) is 9.59 Å². The maximum atomic E-state index is 11.0. The molecular formula is C9H14N2O3. The SMILES string of the molecule is CCCC/C(C(=O)N=O)=C(\C)C(N)=O. The Kier molecular flexibility index (Phi) is 5.36. The second-order valence-corrected chi connectivity index (χ2v) is 2.97. The second kappa shape index (κ2) is 6.01. The molecule has 14 heavy (non-hydrogen) atoms. The van der Waals surface area contributed by atoms with Crippen molar-refractivity contribution in [3.05, 3.63) is 16.1 Å². The van der Waals surface area contributed by atoms with Gasteiger partial charge in [0.05, 0.1) is 0 Å². The Balaban J connectivity index is 4.88. The van der Waals surface area contributed by atoms with Crippen LogP contribution in [0.15, 0.2) is 16.3 Å². The summed E-state index contributed by atoms with van der Waals surface area (Å²) in [5, 5.41) is 2.29. The lowest BCUT2D eigenvalue weighted by molar-refractivity contribution is -0.117. The van der Waals surface area contributed by atoms with Gasteiger partial charge >= 0.3 is 5.91 Å². The van der Waals surface area contributed by atoms with Gasteiger partial charge in [-0.25, -0.2) is 0 Å². The van der Waals surface area contributed by atoms with Crippen molar-refractivity contribution in [2.24, 2.45) is 10.9 Å². The minimum atomic E-state index is -0.894. The van der Waals surface area contributed by atoms with E-state index in [1.807, 2.05) is 6.92 Å². The number of carbonyl (C=O) groups is 2. The van der Waals surface area contributed by atoms with Crippen LogP contribution in [0.2, 0.25) is 0 Å². The third kappa shape index (κ3) is 3.47. The first-order valence-corrected chi connectivity index (χ1v) is 4.41. The molecule has 0 aliphatic heterocycles. The van der Waals surface area contributed by atoms with E-state index < -0.39 is 11.8 Å². The molecule has 2 N–H and O–H groups in total. The number of primary amides is 1. The monoisotopic (exact) mass is 198 g/mol. The molecule has 0 bridgehead atoms. The summed E-state index contributed by atoms with van der Waals surface area (Å²) in [4.78, 5) is 31.9. The van der Waals surface area contributed by atoms with Crippen molar-refractivity contribution in [3.63, 3.8) is 0 Å². The number of amides is 2. The molecule has 0 spiro atoms. The van der Waals surface area contributed by atoms with E-state index >= 15 is 0 Å². The Morgan fingerprint density at radius 2 is 1.93 bits per heavy atom. The molecule has 5 nitrogen and oxygen atoms in total. The van der Waals surface area contributed by atoms with E-state index in [4.69, 9.17) is 5.73 Å². The lowest BCUT2D eigenvalue weighted by atomic mass is 10.0. The van der Waals surface area contributed by atoms with Gasteiger partial charge in [0.15, 0.2) is 0 Å². The van der Waals surface area contributed by atoms with Gasteiger partial charge in [0.25, 0.3) is 0 Å². The van der Waals surface area contributed by atoms with Crippen LogP contribution in [0.25, 0.3) is 0 Å². The van der Waals surface area contributed by atoms with E-state index in [0.29, 0.717) is 6.42 Å². The first-order chi connectivity index (χ1) is 6.54. The number of rotatable bonds is 5. The van der Waals surface area contributed by atoms with Crippen LogP contribution in [-0.4, -0.2) is 11.8 Å². The largest absolute Gasteiger partial charge is 0.366 e. The van der Waals surface area contributed by atoms with Crippen LogP contribution in [-0.2, 0) is 9.59 Å². The lowest BCUT2D eigenvalue weighted by Gasteiger charge is -2.03. The zero-order chi connectivity index (χ0) is 11.1. The minimum Gasteiger partial charge on any atom is -0.366 e. The third-order valence-electron chi connectivity index (χ3n) is 1.94. The smallest absolute Gasteiger partial charge is 0.313 e. The van der Waals surface area contributed by atoms with E-state index in [2.05, 4.69) is 5.18 Å². The Hall–Kier alpha value is -1.52. The molecule has 0 aliphatic rings. The van der Waals surface area contributed by atoms with Crippen molar-refractivity contribution in [3.8, 4) is 0 Å². The molecule has 0 atom stereocenters. The van der Waals surface area contributed by atoms with Gasteiger partial charge in [-0.15, -0.1) is 4.91 Å². The Labute approximate surface area is 82.3 Å². The molecule has 0 aromatic heterocycles. The van der Waals surface area contributed by atoms with E-state index in [1.165, 1.54) is 6.92 Å². The fraction of sp³-hybridized carbons (Fsp3) is 0.556. The zero-order valence-corrected chi connectivity index (χ0v) is 8.37. The van der Waals surface area contributed by atoms with Crippen LogP contribution in [0, 0.1) is 4.91 Å². The quantitative estimate of drug-likeness (QED) is 0.532. The molecule has 0 fully saturated rings. The van der Waals surface area contributed by atoms with Crippen molar-refractivity contribution in [1.29, 1.82) is 0 Å². The molecule has 0 rings (SSSR count). The highest BCUT2D eigenvalue weighted by Gasteiger charge is 2.15. The summed E-state index contributed by atoms with van der Waals surface area (Å²) in [6.45, 7) is 3.37. The standard InChI is InChI=1S/C9H14N2O3/c1-3-4-5-7(9(13)11-14)6(2)8(10)12/h3-5H2,1-2H3,(H2,10,12)/b7-6-. The Morgan fingerprint density at radius 3 is 2.29 bits per heavy atom. The van der Waals surface area contributed by atoms with Gasteiger partial charge in [-0.2, -0.15) is 0 Å². The molecule has 0 saturated carbocycles. The van der Waals surface area contributed by atoms with Crippen LogP contribution in [0.3, 0.4) is 0 Å². The molecular weight excluding hydrogens is 184 g/mol. The fourth-order valence-corrected chi connectivity index (χ4v) is 1.01. The van der Waals surface area contributed by atoms with Gasteiger partial charge in [-0.1, -0.05) is 13.3 Å². The van der Waals surface area contributed by atoms with Crippen molar-refractivity contribution < 1.29 is 9.59 Å². The normalized spacial score (nSPS) is 11.9. The molecule has 0 aromatic rings. The van der Waals surface area contributed by atoms with Gasteiger partial charge in [0.1, 0.15) is 0 Å². The second-order valence-electron chi connectivity index (χ2n) is 2.97. The van der Waals surface area contributed by atoms with E-state index in [9.17, 15) is 14.5 Å². The first kappa shape index (κ1) is 12.5. The van der Waals surface area contributed by atoms with Crippen LogP contribution in [0.1, 0.15) is 33.1 Å². The summed E-state index contributed by atoms with van der Waals surface area (Å²) < 4.78 is 0. The van der Waals surface area contributed by atoms with Gasteiger partial charge in [-0.05, 0) is 19.8 Å². The topological polar surface area (TPSA) is 89.6 Å². The molecule has 0 saturated heterocycles. The molecule has 78 valence electrons. The van der Waals surface area contributed by atoms with Gasteiger partial charge in [0.2, 0.25) is 5.91 Å². The van der Waals surface area contributed by atoms with Gasteiger partial charge in [0, 0.05) is 16.3 Å². The summed E-state index contributed by atoms with van der Waals surface area (Å²) in [5.41, 5.74) is 5.27. The number of nitroso groups, excluding NO2 is 1. The number of hydrogen-bond donors (Lipinski definition) is 1. The zero-order valence-electron chi connectivity index (χ0n) is 8.37. The maximum absolute atomic E-state index is 11.0. The number of unbranched alkanes of at least 4 members (excludes halogenated alkanes) is 1. The third-order valence-corrected chi connectivity index (χ3v) is 1.94.